The molecule has 1 unspecified atom stereocenters. The van der Waals surface area contributed by atoms with Gasteiger partial charge in [0, 0.05) is 5.56 Å². The molecule has 0 aliphatic carbocycles. The predicted octanol–water partition coefficient (Wildman–Crippen LogP) is 2.84. The SMILES string of the molecule is COc1ccc(C(O)c2nnc(-c3ccccc3)o2)cc1OC. The molecule has 118 valence electrons. The van der Waals surface area contributed by atoms with Crippen molar-refractivity contribution < 1.29 is 19.0 Å². The summed E-state index contributed by atoms with van der Waals surface area (Å²) in [6, 6.07) is 14.5. The molecule has 6 heteroatoms. The van der Waals surface area contributed by atoms with Crippen LogP contribution in [-0.2, 0) is 0 Å². The van der Waals surface area contributed by atoms with E-state index in [0.717, 1.165) is 5.56 Å². The molecule has 0 fully saturated rings. The van der Waals surface area contributed by atoms with Gasteiger partial charge in [0.05, 0.1) is 14.2 Å². The van der Waals surface area contributed by atoms with E-state index in [-0.39, 0.29) is 5.89 Å². The number of nitrogens with zero attached hydrogens (tertiary/aromatic N) is 2. The maximum Gasteiger partial charge on any atom is 0.249 e. The highest BCUT2D eigenvalue weighted by Gasteiger charge is 2.20. The van der Waals surface area contributed by atoms with Gasteiger partial charge in [-0.25, -0.2) is 0 Å². The van der Waals surface area contributed by atoms with E-state index < -0.39 is 6.10 Å². The van der Waals surface area contributed by atoms with Gasteiger partial charge in [0.1, 0.15) is 0 Å². The monoisotopic (exact) mass is 312 g/mol. The third-order valence-corrected chi connectivity index (χ3v) is 3.42. The number of aliphatic hydroxyl groups excluding tert-OH is 1. The van der Waals surface area contributed by atoms with E-state index in [9.17, 15) is 5.11 Å². The van der Waals surface area contributed by atoms with Crippen LogP contribution in [0.4, 0.5) is 0 Å². The molecule has 23 heavy (non-hydrogen) atoms. The summed E-state index contributed by atoms with van der Waals surface area (Å²) in [4.78, 5) is 0. The van der Waals surface area contributed by atoms with E-state index in [2.05, 4.69) is 10.2 Å². The number of hydrogen-bond acceptors (Lipinski definition) is 6. The Balaban J connectivity index is 1.89. The molecular formula is C17H16N2O4. The van der Waals surface area contributed by atoms with Crippen molar-refractivity contribution in [2.24, 2.45) is 0 Å². The summed E-state index contributed by atoms with van der Waals surface area (Å²) in [6.45, 7) is 0. The molecule has 1 heterocycles. The maximum absolute atomic E-state index is 10.4. The van der Waals surface area contributed by atoms with Crippen molar-refractivity contribution in [3.63, 3.8) is 0 Å². The maximum atomic E-state index is 10.4. The first-order valence-electron chi connectivity index (χ1n) is 7.01. The van der Waals surface area contributed by atoms with Gasteiger partial charge in [-0.05, 0) is 29.8 Å². The molecule has 1 N–H and O–H groups in total. The fourth-order valence-electron chi connectivity index (χ4n) is 2.21. The van der Waals surface area contributed by atoms with Gasteiger partial charge in [-0.1, -0.05) is 24.3 Å². The molecule has 0 aliphatic rings. The van der Waals surface area contributed by atoms with Gasteiger partial charge < -0.3 is 19.0 Å². The van der Waals surface area contributed by atoms with Gasteiger partial charge in [0.2, 0.25) is 11.8 Å². The Kier molecular flexibility index (Phi) is 4.25. The average molecular weight is 312 g/mol. The lowest BCUT2D eigenvalue weighted by Crippen LogP contribution is -2.01. The Hall–Kier alpha value is -2.86. The molecule has 0 radical (unpaired) electrons. The van der Waals surface area contributed by atoms with Gasteiger partial charge in [-0.2, -0.15) is 0 Å². The minimum Gasteiger partial charge on any atom is -0.493 e. The molecule has 0 bridgehead atoms. The fourth-order valence-corrected chi connectivity index (χ4v) is 2.21. The minimum absolute atomic E-state index is 0.121. The molecule has 2 aromatic carbocycles. The molecule has 0 amide bonds. The Morgan fingerprint density at radius 1 is 0.957 bits per heavy atom. The van der Waals surface area contributed by atoms with Crippen LogP contribution in [0.2, 0.25) is 0 Å². The highest BCUT2D eigenvalue weighted by atomic mass is 16.5. The number of rotatable bonds is 5. The first-order chi connectivity index (χ1) is 11.2. The second kappa shape index (κ2) is 6.50. The third-order valence-electron chi connectivity index (χ3n) is 3.42. The number of methoxy groups -OCH3 is 2. The van der Waals surface area contributed by atoms with Crippen molar-refractivity contribution in [3.05, 3.63) is 60.0 Å². The van der Waals surface area contributed by atoms with E-state index in [4.69, 9.17) is 13.9 Å². The summed E-state index contributed by atoms with van der Waals surface area (Å²) in [6.07, 6.45) is -1.04. The quantitative estimate of drug-likeness (QED) is 0.780. The Morgan fingerprint density at radius 2 is 1.70 bits per heavy atom. The summed E-state index contributed by atoms with van der Waals surface area (Å²) < 4.78 is 16.0. The highest BCUT2D eigenvalue weighted by molar-refractivity contribution is 5.52. The lowest BCUT2D eigenvalue weighted by molar-refractivity contribution is 0.183. The first-order valence-corrected chi connectivity index (χ1v) is 7.01. The number of hydrogen-bond donors (Lipinski definition) is 1. The van der Waals surface area contributed by atoms with Crippen LogP contribution in [0.5, 0.6) is 11.5 Å². The molecule has 3 rings (SSSR count). The van der Waals surface area contributed by atoms with Crippen molar-refractivity contribution in [2.75, 3.05) is 14.2 Å². The molecule has 3 aromatic rings. The smallest absolute Gasteiger partial charge is 0.249 e. The molecule has 1 atom stereocenters. The van der Waals surface area contributed by atoms with Gasteiger partial charge in [-0.15, -0.1) is 10.2 Å². The Bertz CT molecular complexity index is 786. The molecule has 0 spiro atoms. The summed E-state index contributed by atoms with van der Waals surface area (Å²) >= 11 is 0. The van der Waals surface area contributed by atoms with Crippen molar-refractivity contribution >= 4 is 0 Å². The zero-order chi connectivity index (χ0) is 16.2. The molecule has 1 aromatic heterocycles. The van der Waals surface area contributed by atoms with Crippen LogP contribution >= 0.6 is 0 Å². The van der Waals surface area contributed by atoms with E-state index >= 15 is 0 Å². The van der Waals surface area contributed by atoms with Crippen LogP contribution in [0.3, 0.4) is 0 Å². The van der Waals surface area contributed by atoms with Crippen LogP contribution in [-0.4, -0.2) is 29.5 Å². The standard InChI is InChI=1S/C17H16N2O4/c1-21-13-9-8-12(10-14(13)22-2)15(20)17-19-18-16(23-17)11-6-4-3-5-7-11/h3-10,15,20H,1-2H3. The van der Waals surface area contributed by atoms with Crippen LogP contribution in [0.15, 0.2) is 52.9 Å². The zero-order valence-corrected chi connectivity index (χ0v) is 12.8. The topological polar surface area (TPSA) is 77.6 Å². The summed E-state index contributed by atoms with van der Waals surface area (Å²) in [7, 11) is 3.09. The van der Waals surface area contributed by atoms with Crippen LogP contribution in [0.1, 0.15) is 17.6 Å². The first kappa shape index (κ1) is 15.1. The van der Waals surface area contributed by atoms with Gasteiger partial charge >= 0.3 is 0 Å². The van der Waals surface area contributed by atoms with E-state index in [1.165, 1.54) is 7.11 Å². The zero-order valence-electron chi connectivity index (χ0n) is 12.8. The van der Waals surface area contributed by atoms with Gasteiger partial charge in [0.25, 0.3) is 0 Å². The second-order valence-electron chi connectivity index (χ2n) is 4.83. The molecular weight excluding hydrogens is 296 g/mol. The van der Waals surface area contributed by atoms with Crippen molar-refractivity contribution in [2.45, 2.75) is 6.10 Å². The summed E-state index contributed by atoms with van der Waals surface area (Å²) in [5, 5.41) is 18.3. The lowest BCUT2D eigenvalue weighted by atomic mass is 10.1. The van der Waals surface area contributed by atoms with E-state index in [0.29, 0.717) is 23.0 Å². The normalized spacial score (nSPS) is 12.0. The van der Waals surface area contributed by atoms with Crippen molar-refractivity contribution in [3.8, 4) is 23.0 Å². The van der Waals surface area contributed by atoms with E-state index in [1.54, 1.807) is 25.3 Å². The number of aromatic nitrogens is 2. The van der Waals surface area contributed by atoms with E-state index in [1.807, 2.05) is 30.3 Å². The van der Waals surface area contributed by atoms with Gasteiger partial charge in [0.15, 0.2) is 17.6 Å². The molecule has 6 nitrogen and oxygen atoms in total. The molecule has 0 aliphatic heterocycles. The average Bonchev–Trinajstić information content (AvgIpc) is 3.11. The van der Waals surface area contributed by atoms with Gasteiger partial charge in [-0.3, -0.25) is 0 Å². The number of aliphatic hydroxyl groups is 1. The van der Waals surface area contributed by atoms with Crippen LogP contribution in [0, 0.1) is 0 Å². The summed E-state index contributed by atoms with van der Waals surface area (Å²) in [5.41, 5.74) is 1.37. The lowest BCUT2D eigenvalue weighted by Gasteiger charge is -2.11. The molecule has 0 saturated heterocycles. The van der Waals surface area contributed by atoms with Crippen LogP contribution < -0.4 is 9.47 Å². The largest absolute Gasteiger partial charge is 0.493 e. The van der Waals surface area contributed by atoms with Crippen LogP contribution in [0.25, 0.3) is 11.5 Å². The minimum atomic E-state index is -1.04. The Labute approximate surface area is 133 Å². The predicted molar refractivity (Wildman–Crippen MR) is 83.3 cm³/mol. The molecule has 0 saturated carbocycles. The highest BCUT2D eigenvalue weighted by Crippen LogP contribution is 2.32. The third kappa shape index (κ3) is 3.02. The van der Waals surface area contributed by atoms with Crippen molar-refractivity contribution in [1.29, 1.82) is 0 Å². The van der Waals surface area contributed by atoms with Crippen molar-refractivity contribution in [1.82, 2.24) is 10.2 Å². The second-order valence-corrected chi connectivity index (χ2v) is 4.83. The number of benzene rings is 2. The summed E-state index contributed by atoms with van der Waals surface area (Å²) in [5.74, 6) is 1.59. The fraction of sp³-hybridized carbons (Fsp3) is 0.176. The Morgan fingerprint density at radius 3 is 2.39 bits per heavy atom. The number of ether oxygens (including phenoxy) is 2.